The molecule has 2 rings (SSSR count). The molecule has 0 bridgehead atoms. The van der Waals surface area contributed by atoms with Crippen molar-refractivity contribution in [3.8, 4) is 0 Å². The molecule has 1 saturated carbocycles. The van der Waals surface area contributed by atoms with Gasteiger partial charge in [-0.25, -0.2) is 4.39 Å². The van der Waals surface area contributed by atoms with Gasteiger partial charge in [-0.1, -0.05) is 22.9 Å². The largest absolute Gasteiger partial charge is 0.373 e. The molecule has 1 aromatic rings. The Labute approximate surface area is 122 Å². The van der Waals surface area contributed by atoms with E-state index in [2.05, 4.69) is 28.2 Å². The second kappa shape index (κ2) is 7.36. The number of rotatable bonds is 5. The van der Waals surface area contributed by atoms with Gasteiger partial charge in [-0.2, -0.15) is 0 Å². The molecule has 1 N–H and O–H groups in total. The first-order valence-corrected chi connectivity index (χ1v) is 7.77. The van der Waals surface area contributed by atoms with Crippen molar-refractivity contribution >= 4 is 15.9 Å². The number of hydrogen-bond donors (Lipinski definition) is 1. The van der Waals surface area contributed by atoms with Crippen LogP contribution in [0.25, 0.3) is 0 Å². The summed E-state index contributed by atoms with van der Waals surface area (Å²) in [5.74, 6) is -0.190. The molecule has 1 aliphatic rings. The molecular formula is C15H21BrFNO. The van der Waals surface area contributed by atoms with E-state index >= 15 is 0 Å². The fraction of sp³-hybridized carbons (Fsp3) is 0.600. The molecule has 2 nitrogen and oxygen atoms in total. The first-order chi connectivity index (χ1) is 9.19. The molecule has 19 heavy (non-hydrogen) atoms. The topological polar surface area (TPSA) is 21.3 Å². The Morgan fingerprint density at radius 3 is 2.74 bits per heavy atom. The van der Waals surface area contributed by atoms with Gasteiger partial charge in [-0.3, -0.25) is 0 Å². The molecule has 1 aromatic carbocycles. The van der Waals surface area contributed by atoms with E-state index in [1.54, 1.807) is 12.1 Å². The lowest BCUT2D eigenvalue weighted by Gasteiger charge is -2.29. The summed E-state index contributed by atoms with van der Waals surface area (Å²) in [5, 5.41) is 3.47. The Hall–Kier alpha value is -0.450. The molecule has 0 heterocycles. The van der Waals surface area contributed by atoms with E-state index < -0.39 is 0 Å². The summed E-state index contributed by atoms with van der Waals surface area (Å²) in [6, 6.07) is 5.61. The van der Waals surface area contributed by atoms with Crippen LogP contribution in [0, 0.1) is 5.82 Å². The van der Waals surface area contributed by atoms with Crippen LogP contribution in [0.5, 0.6) is 0 Å². The van der Waals surface area contributed by atoms with E-state index in [-0.39, 0.29) is 11.9 Å². The average Bonchev–Trinajstić information content (AvgIpc) is 2.42. The molecule has 0 unspecified atom stereocenters. The molecule has 0 amide bonds. The highest BCUT2D eigenvalue weighted by atomic mass is 79.9. The molecule has 1 fully saturated rings. The van der Waals surface area contributed by atoms with Crippen molar-refractivity contribution in [3.63, 3.8) is 0 Å². The van der Waals surface area contributed by atoms with Gasteiger partial charge in [0.1, 0.15) is 5.82 Å². The van der Waals surface area contributed by atoms with Crippen molar-refractivity contribution in [2.45, 2.75) is 51.4 Å². The van der Waals surface area contributed by atoms with Crippen LogP contribution in [-0.4, -0.2) is 18.7 Å². The molecule has 0 aliphatic heterocycles. The molecule has 0 spiro atoms. The van der Waals surface area contributed by atoms with Crippen LogP contribution in [0.2, 0.25) is 0 Å². The number of nitrogens with one attached hydrogen (secondary N) is 1. The molecular weight excluding hydrogens is 309 g/mol. The van der Waals surface area contributed by atoms with E-state index in [1.807, 2.05) is 0 Å². The zero-order chi connectivity index (χ0) is 13.7. The predicted molar refractivity (Wildman–Crippen MR) is 78.6 cm³/mol. The Balaban J connectivity index is 1.79. The lowest BCUT2D eigenvalue weighted by atomic mass is 9.93. The number of hydrogen-bond acceptors (Lipinski definition) is 2. The van der Waals surface area contributed by atoms with Gasteiger partial charge in [0.05, 0.1) is 12.7 Å². The minimum absolute atomic E-state index is 0.190. The smallest absolute Gasteiger partial charge is 0.128 e. The molecule has 0 saturated heterocycles. The standard InChI is InChI=1S/C15H21BrFNO/c1-2-18-13-4-6-14(7-5-13)19-10-11-9-12(16)3-8-15(11)17/h3,8-9,13-14,18H,2,4-7,10H2,1H3. The summed E-state index contributed by atoms with van der Waals surface area (Å²) in [5.41, 5.74) is 0.628. The minimum Gasteiger partial charge on any atom is -0.373 e. The summed E-state index contributed by atoms with van der Waals surface area (Å²) in [7, 11) is 0. The van der Waals surface area contributed by atoms with Crippen LogP contribution in [0.1, 0.15) is 38.2 Å². The van der Waals surface area contributed by atoms with Crippen molar-refractivity contribution in [1.29, 1.82) is 0 Å². The maximum Gasteiger partial charge on any atom is 0.128 e. The maximum absolute atomic E-state index is 13.6. The predicted octanol–water partition coefficient (Wildman–Crippen LogP) is 4.03. The van der Waals surface area contributed by atoms with Gasteiger partial charge < -0.3 is 10.1 Å². The van der Waals surface area contributed by atoms with Crippen LogP contribution in [0.15, 0.2) is 22.7 Å². The first kappa shape index (κ1) is 14.9. The number of ether oxygens (including phenoxy) is 1. The third-order valence-electron chi connectivity index (χ3n) is 3.65. The van der Waals surface area contributed by atoms with Crippen molar-refractivity contribution in [2.24, 2.45) is 0 Å². The van der Waals surface area contributed by atoms with Crippen molar-refractivity contribution in [3.05, 3.63) is 34.1 Å². The highest BCUT2D eigenvalue weighted by Crippen LogP contribution is 2.23. The third-order valence-corrected chi connectivity index (χ3v) is 4.14. The second-order valence-electron chi connectivity index (χ2n) is 5.08. The highest BCUT2D eigenvalue weighted by molar-refractivity contribution is 9.10. The Morgan fingerprint density at radius 1 is 1.32 bits per heavy atom. The van der Waals surface area contributed by atoms with E-state index in [9.17, 15) is 4.39 Å². The monoisotopic (exact) mass is 329 g/mol. The minimum atomic E-state index is -0.190. The van der Waals surface area contributed by atoms with Gasteiger partial charge in [0.25, 0.3) is 0 Å². The zero-order valence-electron chi connectivity index (χ0n) is 11.3. The van der Waals surface area contributed by atoms with Gasteiger partial charge in [0.15, 0.2) is 0 Å². The Bertz CT molecular complexity index is 405. The molecule has 0 radical (unpaired) electrons. The van der Waals surface area contributed by atoms with Gasteiger partial charge in [0.2, 0.25) is 0 Å². The highest BCUT2D eigenvalue weighted by Gasteiger charge is 2.21. The second-order valence-corrected chi connectivity index (χ2v) is 5.99. The summed E-state index contributed by atoms with van der Waals surface area (Å²) >= 11 is 3.36. The van der Waals surface area contributed by atoms with Gasteiger partial charge in [-0.05, 0) is 50.4 Å². The first-order valence-electron chi connectivity index (χ1n) is 6.98. The normalized spacial score (nSPS) is 23.5. The van der Waals surface area contributed by atoms with Crippen molar-refractivity contribution < 1.29 is 9.13 Å². The van der Waals surface area contributed by atoms with Crippen molar-refractivity contribution in [1.82, 2.24) is 5.32 Å². The van der Waals surface area contributed by atoms with Gasteiger partial charge in [-0.15, -0.1) is 0 Å². The maximum atomic E-state index is 13.6. The van der Waals surface area contributed by atoms with Gasteiger partial charge >= 0.3 is 0 Å². The lowest BCUT2D eigenvalue weighted by Crippen LogP contribution is -2.35. The van der Waals surface area contributed by atoms with Gasteiger partial charge in [0, 0.05) is 16.1 Å². The average molecular weight is 330 g/mol. The van der Waals surface area contributed by atoms with E-state index in [0.717, 1.165) is 36.7 Å². The summed E-state index contributed by atoms with van der Waals surface area (Å²) in [6.45, 7) is 3.53. The van der Waals surface area contributed by atoms with Crippen LogP contribution in [-0.2, 0) is 11.3 Å². The van der Waals surface area contributed by atoms with Crippen LogP contribution in [0.3, 0.4) is 0 Å². The lowest BCUT2D eigenvalue weighted by molar-refractivity contribution is 0.0102. The van der Waals surface area contributed by atoms with Crippen LogP contribution < -0.4 is 5.32 Å². The number of halogens is 2. The van der Waals surface area contributed by atoms with E-state index in [0.29, 0.717) is 18.2 Å². The fourth-order valence-electron chi connectivity index (χ4n) is 2.58. The number of benzene rings is 1. The quantitative estimate of drug-likeness (QED) is 0.880. The SMILES string of the molecule is CCNC1CCC(OCc2cc(Br)ccc2F)CC1. The van der Waals surface area contributed by atoms with Crippen molar-refractivity contribution in [2.75, 3.05) is 6.54 Å². The molecule has 1 aliphatic carbocycles. The molecule has 4 heteroatoms. The third kappa shape index (κ3) is 4.55. The Kier molecular flexibility index (Phi) is 5.79. The van der Waals surface area contributed by atoms with Crippen LogP contribution in [0.4, 0.5) is 4.39 Å². The van der Waals surface area contributed by atoms with E-state index in [4.69, 9.17) is 4.74 Å². The Morgan fingerprint density at radius 2 is 2.05 bits per heavy atom. The molecule has 106 valence electrons. The summed E-state index contributed by atoms with van der Waals surface area (Å²) in [6.07, 6.45) is 4.70. The fourth-order valence-corrected chi connectivity index (χ4v) is 2.99. The zero-order valence-corrected chi connectivity index (χ0v) is 12.9. The summed E-state index contributed by atoms with van der Waals surface area (Å²) in [4.78, 5) is 0. The van der Waals surface area contributed by atoms with E-state index in [1.165, 1.54) is 6.07 Å². The van der Waals surface area contributed by atoms with Crippen LogP contribution >= 0.6 is 15.9 Å². The molecule has 0 aromatic heterocycles. The summed E-state index contributed by atoms with van der Waals surface area (Å²) < 4.78 is 20.3. The molecule has 0 atom stereocenters.